The number of rotatable bonds is 5. The van der Waals surface area contributed by atoms with Gasteiger partial charge in [0, 0.05) is 6.42 Å². The fourth-order valence-electron chi connectivity index (χ4n) is 2.05. The molecule has 0 amide bonds. The van der Waals surface area contributed by atoms with E-state index in [-0.39, 0.29) is 13.0 Å². The normalized spacial score (nSPS) is 25.8. The van der Waals surface area contributed by atoms with Crippen molar-refractivity contribution in [3.05, 3.63) is 35.9 Å². The van der Waals surface area contributed by atoms with Gasteiger partial charge in [0.25, 0.3) is 0 Å². The van der Waals surface area contributed by atoms with Crippen molar-refractivity contribution in [1.82, 2.24) is 0 Å². The Morgan fingerprint density at radius 3 is 2.67 bits per heavy atom. The van der Waals surface area contributed by atoms with Gasteiger partial charge in [0.05, 0.1) is 11.7 Å². The number of aliphatic hydroxyl groups excluding tert-OH is 1. The number of hydrogen-bond donors (Lipinski definition) is 2. The average Bonchev–Trinajstić information content (AvgIpc) is 2.74. The minimum atomic E-state index is -1.35. The van der Waals surface area contributed by atoms with E-state index in [0.717, 1.165) is 0 Å². The van der Waals surface area contributed by atoms with Crippen LogP contribution in [-0.4, -0.2) is 47.1 Å². The van der Waals surface area contributed by atoms with Gasteiger partial charge in [-0.1, -0.05) is 18.2 Å². The van der Waals surface area contributed by atoms with Crippen molar-refractivity contribution in [2.24, 2.45) is 0 Å². The van der Waals surface area contributed by atoms with Gasteiger partial charge in [0.15, 0.2) is 12.1 Å². The molecule has 1 unspecified atom stereocenters. The maximum atomic E-state index is 11.8. The molecule has 6 heteroatoms. The Bertz CT molecular complexity index is 467. The largest absolute Gasteiger partial charge is 0.459 e. The summed E-state index contributed by atoms with van der Waals surface area (Å²) >= 11 is 0. The third-order valence-corrected chi connectivity index (χ3v) is 3.00. The third kappa shape index (κ3) is 4.78. The molecule has 1 aliphatic rings. The maximum Gasteiger partial charge on any atom is 0.338 e. The fourth-order valence-corrected chi connectivity index (χ4v) is 2.05. The first-order valence-corrected chi connectivity index (χ1v) is 6.81. The molecule has 1 heterocycles. The van der Waals surface area contributed by atoms with Crippen LogP contribution in [0.25, 0.3) is 0 Å². The molecule has 116 valence electrons. The van der Waals surface area contributed by atoms with Crippen LogP contribution < -0.4 is 0 Å². The fraction of sp³-hybridized carbons (Fsp3) is 0.533. The first-order chi connectivity index (χ1) is 9.85. The Balaban J connectivity index is 1.82. The molecule has 21 heavy (non-hydrogen) atoms. The van der Waals surface area contributed by atoms with Crippen LogP contribution in [-0.2, 0) is 14.2 Å². The first-order valence-electron chi connectivity index (χ1n) is 6.81. The number of carbonyl (C=O) groups is 1. The summed E-state index contributed by atoms with van der Waals surface area (Å²) in [6.45, 7) is 2.89. The van der Waals surface area contributed by atoms with Gasteiger partial charge in [-0.2, -0.15) is 0 Å². The van der Waals surface area contributed by atoms with E-state index in [1.807, 2.05) is 0 Å². The summed E-state index contributed by atoms with van der Waals surface area (Å²) in [7, 11) is 0. The minimum absolute atomic E-state index is 0.0688. The van der Waals surface area contributed by atoms with Crippen molar-refractivity contribution in [1.29, 1.82) is 0 Å². The number of ether oxygens (including phenoxy) is 3. The van der Waals surface area contributed by atoms with Gasteiger partial charge >= 0.3 is 5.97 Å². The van der Waals surface area contributed by atoms with Gasteiger partial charge in [-0.25, -0.2) is 4.79 Å². The molecular formula is C15H20O6. The number of aliphatic hydroxyl groups is 2. The van der Waals surface area contributed by atoms with Crippen molar-refractivity contribution in [2.75, 3.05) is 6.61 Å². The Hall–Kier alpha value is -1.47. The van der Waals surface area contributed by atoms with Crippen LogP contribution in [0.15, 0.2) is 30.3 Å². The van der Waals surface area contributed by atoms with Crippen molar-refractivity contribution < 1.29 is 29.2 Å². The third-order valence-electron chi connectivity index (χ3n) is 3.00. The zero-order valence-corrected chi connectivity index (χ0v) is 12.1. The highest BCUT2D eigenvalue weighted by Gasteiger charge is 2.37. The Kier molecular flexibility index (Phi) is 4.95. The van der Waals surface area contributed by atoms with Crippen molar-refractivity contribution in [3.63, 3.8) is 0 Å². The number of carbonyl (C=O) groups excluding carboxylic acids is 1. The maximum absolute atomic E-state index is 11.8. The molecule has 2 rings (SSSR count). The van der Waals surface area contributed by atoms with Gasteiger partial charge < -0.3 is 24.4 Å². The van der Waals surface area contributed by atoms with Crippen LogP contribution in [0.4, 0.5) is 0 Å². The number of hydrogen-bond acceptors (Lipinski definition) is 6. The SMILES string of the molecule is CC(C)(O)O[C@H]1CC(O)[C@@H](COC(=O)c2ccccc2)O1. The van der Waals surface area contributed by atoms with E-state index < -0.39 is 30.3 Å². The molecule has 0 spiro atoms. The summed E-state index contributed by atoms with van der Waals surface area (Å²) in [6, 6.07) is 8.58. The summed E-state index contributed by atoms with van der Waals surface area (Å²) in [6.07, 6.45) is -1.97. The molecular weight excluding hydrogens is 276 g/mol. The lowest BCUT2D eigenvalue weighted by Crippen LogP contribution is -2.31. The van der Waals surface area contributed by atoms with Crippen LogP contribution in [0.2, 0.25) is 0 Å². The summed E-state index contributed by atoms with van der Waals surface area (Å²) in [4.78, 5) is 11.8. The van der Waals surface area contributed by atoms with Crippen LogP contribution in [0, 0.1) is 0 Å². The Labute approximate surface area is 123 Å². The van der Waals surface area contributed by atoms with Gasteiger partial charge in [0.2, 0.25) is 0 Å². The van der Waals surface area contributed by atoms with Crippen molar-refractivity contribution >= 4 is 5.97 Å². The molecule has 1 aliphatic heterocycles. The summed E-state index contributed by atoms with van der Waals surface area (Å²) in [5.41, 5.74) is 0.439. The summed E-state index contributed by atoms with van der Waals surface area (Å²) in [5.74, 6) is -1.82. The molecule has 0 aliphatic carbocycles. The highest BCUT2D eigenvalue weighted by molar-refractivity contribution is 5.89. The minimum Gasteiger partial charge on any atom is -0.459 e. The van der Waals surface area contributed by atoms with Crippen LogP contribution >= 0.6 is 0 Å². The molecule has 0 radical (unpaired) electrons. The molecule has 0 bridgehead atoms. The second kappa shape index (κ2) is 6.53. The topological polar surface area (TPSA) is 85.2 Å². The number of esters is 1. The molecule has 0 aromatic heterocycles. The van der Waals surface area contributed by atoms with Crippen LogP contribution in [0.3, 0.4) is 0 Å². The zero-order valence-electron chi connectivity index (χ0n) is 12.1. The predicted octanol–water partition coefficient (Wildman–Crippen LogP) is 1.06. The summed E-state index contributed by atoms with van der Waals surface area (Å²) in [5, 5.41) is 19.4. The zero-order chi connectivity index (χ0) is 15.5. The highest BCUT2D eigenvalue weighted by atomic mass is 16.8. The average molecular weight is 296 g/mol. The van der Waals surface area contributed by atoms with E-state index >= 15 is 0 Å². The highest BCUT2D eigenvalue weighted by Crippen LogP contribution is 2.25. The van der Waals surface area contributed by atoms with E-state index in [1.54, 1.807) is 30.3 Å². The van der Waals surface area contributed by atoms with Gasteiger partial charge in [-0.3, -0.25) is 0 Å². The van der Waals surface area contributed by atoms with E-state index in [4.69, 9.17) is 14.2 Å². The molecule has 1 fully saturated rings. The summed E-state index contributed by atoms with van der Waals surface area (Å²) < 4.78 is 15.8. The lowest BCUT2D eigenvalue weighted by molar-refractivity contribution is -0.270. The molecule has 1 saturated heterocycles. The molecule has 3 atom stereocenters. The quantitative estimate of drug-likeness (QED) is 0.624. The standard InChI is InChI=1S/C15H20O6/c1-15(2,18)21-13-8-11(16)12(20-13)9-19-14(17)10-6-4-3-5-7-10/h3-7,11-13,16,18H,8-9H2,1-2H3/t11?,12-,13+/m1/s1. The lowest BCUT2D eigenvalue weighted by atomic mass is 10.2. The molecule has 2 N–H and O–H groups in total. The van der Waals surface area contributed by atoms with E-state index in [2.05, 4.69) is 0 Å². The molecule has 6 nitrogen and oxygen atoms in total. The van der Waals surface area contributed by atoms with E-state index in [0.29, 0.717) is 5.56 Å². The van der Waals surface area contributed by atoms with E-state index in [9.17, 15) is 15.0 Å². The molecule has 0 saturated carbocycles. The van der Waals surface area contributed by atoms with Crippen molar-refractivity contribution in [3.8, 4) is 0 Å². The molecule has 1 aromatic rings. The predicted molar refractivity (Wildman–Crippen MR) is 73.4 cm³/mol. The van der Waals surface area contributed by atoms with Gasteiger partial charge in [-0.15, -0.1) is 0 Å². The second-order valence-electron chi connectivity index (χ2n) is 5.44. The van der Waals surface area contributed by atoms with E-state index in [1.165, 1.54) is 13.8 Å². The van der Waals surface area contributed by atoms with Gasteiger partial charge in [0.1, 0.15) is 12.7 Å². The monoisotopic (exact) mass is 296 g/mol. The number of benzene rings is 1. The van der Waals surface area contributed by atoms with Crippen molar-refractivity contribution in [2.45, 2.75) is 44.6 Å². The lowest BCUT2D eigenvalue weighted by Gasteiger charge is -2.23. The van der Waals surface area contributed by atoms with Gasteiger partial charge in [-0.05, 0) is 26.0 Å². The Morgan fingerprint density at radius 1 is 1.38 bits per heavy atom. The van der Waals surface area contributed by atoms with Crippen LogP contribution in [0.1, 0.15) is 30.6 Å². The smallest absolute Gasteiger partial charge is 0.338 e. The first kappa shape index (κ1) is 15.9. The second-order valence-corrected chi connectivity index (χ2v) is 5.44. The Morgan fingerprint density at radius 2 is 2.05 bits per heavy atom. The molecule has 1 aromatic carbocycles. The van der Waals surface area contributed by atoms with Crippen LogP contribution in [0.5, 0.6) is 0 Å².